The molecule has 2 aliphatic carbocycles. The SMILES string of the molecule is CC(=O)[C@@H]1[C@@H](c2ccc(C(=O)O)cc2)[C@H](C(=O)c2ccc(OC=O)cc2)[C@H]1c1ccccc1.CC(=O)[C@@H]1[C@@H](c2ccc(C(=O)O)cc2)[C@H](C(=O)c2ccc(OC=O)cc2)[C@H]1c1ccccc1. The van der Waals surface area contributed by atoms with Crippen molar-refractivity contribution in [2.45, 2.75) is 37.5 Å². The second-order valence-electron chi connectivity index (χ2n) is 16.3. The summed E-state index contributed by atoms with van der Waals surface area (Å²) >= 11 is 0. The molecule has 12 heteroatoms. The second-order valence-corrected chi connectivity index (χ2v) is 16.3. The normalized spacial score (nSPS) is 21.5. The summed E-state index contributed by atoms with van der Waals surface area (Å²) in [6.45, 7) is 3.71. The molecule has 6 aromatic rings. The number of ketones is 4. The topological polar surface area (TPSA) is 195 Å². The second kappa shape index (κ2) is 20.2. The Kier molecular flexibility index (Phi) is 14.0. The van der Waals surface area contributed by atoms with Gasteiger partial charge >= 0.3 is 11.9 Å². The fraction of sp³-hybridized carbons (Fsp3) is 0.185. The van der Waals surface area contributed by atoms with Crippen molar-refractivity contribution in [2.24, 2.45) is 23.7 Å². The van der Waals surface area contributed by atoms with Gasteiger partial charge in [-0.05, 0) is 109 Å². The van der Waals surface area contributed by atoms with Crippen LogP contribution in [0.2, 0.25) is 0 Å². The molecule has 0 radical (unpaired) electrons. The van der Waals surface area contributed by atoms with Crippen molar-refractivity contribution in [3.63, 3.8) is 0 Å². The quantitative estimate of drug-likeness (QED) is 0.0693. The smallest absolute Gasteiger partial charge is 0.335 e. The van der Waals surface area contributed by atoms with E-state index >= 15 is 0 Å². The first kappa shape index (κ1) is 45.9. The predicted molar refractivity (Wildman–Crippen MR) is 241 cm³/mol. The van der Waals surface area contributed by atoms with Gasteiger partial charge in [-0.2, -0.15) is 0 Å². The maximum absolute atomic E-state index is 13.7. The van der Waals surface area contributed by atoms with E-state index in [9.17, 15) is 48.6 Å². The lowest BCUT2D eigenvalue weighted by molar-refractivity contribution is -0.127. The number of ether oxygens (including phenoxy) is 2. The van der Waals surface area contributed by atoms with E-state index in [2.05, 4.69) is 0 Å². The van der Waals surface area contributed by atoms with Crippen LogP contribution in [0.15, 0.2) is 158 Å². The summed E-state index contributed by atoms with van der Waals surface area (Å²) in [6, 6.07) is 44.4. The number of Topliss-reactive ketones (excluding diaryl/α,β-unsaturated/α-hetero) is 4. The highest BCUT2D eigenvalue weighted by Gasteiger charge is 2.58. The first-order valence-corrected chi connectivity index (χ1v) is 21.1. The van der Waals surface area contributed by atoms with E-state index < -0.39 is 35.6 Å². The Hall–Kier alpha value is -8.12. The van der Waals surface area contributed by atoms with Crippen LogP contribution in [0.4, 0.5) is 0 Å². The molecule has 0 spiro atoms. The molecule has 0 aromatic heterocycles. The minimum absolute atomic E-state index is 0.0186. The van der Waals surface area contributed by atoms with Crippen LogP contribution in [0, 0.1) is 23.7 Å². The zero-order valence-electron chi connectivity index (χ0n) is 35.8. The summed E-state index contributed by atoms with van der Waals surface area (Å²) in [5.41, 5.74) is 4.53. The first-order chi connectivity index (χ1) is 31.8. The lowest BCUT2D eigenvalue weighted by Crippen LogP contribution is -2.50. The molecular formula is C54H44O12. The van der Waals surface area contributed by atoms with Gasteiger partial charge in [0, 0.05) is 58.5 Å². The molecular weight excluding hydrogens is 841 g/mol. The zero-order valence-corrected chi connectivity index (χ0v) is 35.8. The number of carboxylic acids is 2. The van der Waals surface area contributed by atoms with E-state index in [4.69, 9.17) is 9.47 Å². The van der Waals surface area contributed by atoms with E-state index in [0.717, 1.165) is 22.3 Å². The lowest BCUT2D eigenvalue weighted by Gasteiger charge is -2.51. The minimum Gasteiger partial charge on any atom is -0.478 e. The third-order valence-electron chi connectivity index (χ3n) is 12.7. The summed E-state index contributed by atoms with van der Waals surface area (Å²) in [7, 11) is 0. The van der Waals surface area contributed by atoms with Crippen molar-refractivity contribution < 1.29 is 58.0 Å². The van der Waals surface area contributed by atoms with Gasteiger partial charge < -0.3 is 19.7 Å². The van der Waals surface area contributed by atoms with Gasteiger partial charge in [-0.3, -0.25) is 28.8 Å². The van der Waals surface area contributed by atoms with Crippen molar-refractivity contribution in [3.05, 3.63) is 202 Å². The Morgan fingerprint density at radius 2 is 0.652 bits per heavy atom. The average molecular weight is 885 g/mol. The van der Waals surface area contributed by atoms with Crippen molar-refractivity contribution in [3.8, 4) is 11.5 Å². The minimum atomic E-state index is -1.04. The molecule has 332 valence electrons. The molecule has 2 N–H and O–H groups in total. The van der Waals surface area contributed by atoms with Gasteiger partial charge in [0.1, 0.15) is 23.1 Å². The highest BCUT2D eigenvalue weighted by molar-refractivity contribution is 6.03. The average Bonchev–Trinajstić information content (AvgIpc) is 3.30. The fourth-order valence-corrected chi connectivity index (χ4v) is 9.76. The molecule has 6 aromatic carbocycles. The Labute approximate surface area is 379 Å². The Morgan fingerprint density at radius 1 is 0.379 bits per heavy atom. The molecule has 8 rings (SSSR count). The number of rotatable bonds is 16. The van der Waals surface area contributed by atoms with E-state index in [1.165, 1.54) is 38.1 Å². The zero-order chi connectivity index (χ0) is 47.1. The molecule has 12 nitrogen and oxygen atoms in total. The fourth-order valence-electron chi connectivity index (χ4n) is 9.76. The van der Waals surface area contributed by atoms with Crippen molar-refractivity contribution in [1.82, 2.24) is 0 Å². The molecule has 0 heterocycles. The van der Waals surface area contributed by atoms with Crippen molar-refractivity contribution in [1.29, 1.82) is 0 Å². The van der Waals surface area contributed by atoms with Gasteiger partial charge in [-0.25, -0.2) is 9.59 Å². The lowest BCUT2D eigenvalue weighted by atomic mass is 9.50. The van der Waals surface area contributed by atoms with Crippen LogP contribution in [0.5, 0.6) is 11.5 Å². The summed E-state index contributed by atoms with van der Waals surface area (Å²) in [5, 5.41) is 18.5. The maximum Gasteiger partial charge on any atom is 0.335 e. The van der Waals surface area contributed by atoms with Crippen molar-refractivity contribution >= 4 is 48.0 Å². The van der Waals surface area contributed by atoms with Crippen molar-refractivity contribution in [2.75, 3.05) is 0 Å². The van der Waals surface area contributed by atoms with Gasteiger partial charge in [0.15, 0.2) is 11.6 Å². The number of carbonyl (C=O) groups is 8. The van der Waals surface area contributed by atoms with E-state index in [1.807, 2.05) is 60.7 Å². The molecule has 66 heavy (non-hydrogen) atoms. The van der Waals surface area contributed by atoms with Gasteiger partial charge in [-0.15, -0.1) is 0 Å². The standard InChI is InChI=1S/2C27H22O6/c2*1-16(29)22-23(17-5-3-2-4-6-17)25(24(22)18-7-9-20(10-8-18)27(31)32)26(30)19-11-13-21(14-12-19)33-15-28/h2*2-15,22-25H,1H3,(H,31,32)/t2*22-,23-,24+,25+/m00/s1. The number of hydrogen-bond acceptors (Lipinski definition) is 10. The van der Waals surface area contributed by atoms with Gasteiger partial charge in [-0.1, -0.05) is 84.9 Å². The molecule has 8 atom stereocenters. The van der Waals surface area contributed by atoms with Crippen LogP contribution in [0.1, 0.15) is 101 Å². The predicted octanol–water partition coefficient (Wildman–Crippen LogP) is 9.01. The number of benzene rings is 6. The number of carbonyl (C=O) groups excluding carboxylic acids is 6. The highest BCUT2D eigenvalue weighted by atomic mass is 16.5. The first-order valence-electron chi connectivity index (χ1n) is 21.1. The third kappa shape index (κ3) is 9.39. The number of hydrogen-bond donors (Lipinski definition) is 2. The summed E-state index contributed by atoms with van der Waals surface area (Å²) < 4.78 is 9.63. The van der Waals surface area contributed by atoms with Gasteiger partial charge in [0.05, 0.1) is 11.1 Å². The van der Waals surface area contributed by atoms with Gasteiger partial charge in [0.2, 0.25) is 0 Å². The van der Waals surface area contributed by atoms with Crippen LogP contribution >= 0.6 is 0 Å². The molecule has 0 saturated heterocycles. The van der Waals surface area contributed by atoms with Crippen LogP contribution in [0.3, 0.4) is 0 Å². The van der Waals surface area contributed by atoms with E-state index in [0.29, 0.717) is 35.6 Å². The molecule has 0 amide bonds. The summed E-state index contributed by atoms with van der Waals surface area (Å²) in [4.78, 5) is 96.5. The molecule has 2 saturated carbocycles. The van der Waals surface area contributed by atoms with Crippen LogP contribution in [-0.4, -0.2) is 58.2 Å². The van der Waals surface area contributed by atoms with Gasteiger partial charge in [0.25, 0.3) is 12.9 Å². The molecule has 2 fully saturated rings. The Balaban J connectivity index is 0.000000196. The summed E-state index contributed by atoms with van der Waals surface area (Å²) in [6.07, 6.45) is 0. The largest absolute Gasteiger partial charge is 0.478 e. The number of aromatic carboxylic acids is 2. The highest BCUT2D eigenvalue weighted by Crippen LogP contribution is 2.60. The molecule has 2 aliphatic rings. The Morgan fingerprint density at radius 3 is 0.909 bits per heavy atom. The molecule has 0 bridgehead atoms. The maximum atomic E-state index is 13.7. The van der Waals surface area contributed by atoms with Crippen LogP contribution < -0.4 is 9.47 Å². The summed E-state index contributed by atoms with van der Waals surface area (Å²) in [5.74, 6) is -4.87. The van der Waals surface area contributed by atoms with Crippen LogP contribution in [-0.2, 0) is 19.2 Å². The Bertz CT molecular complexity index is 2560. The molecule has 0 aliphatic heterocycles. The van der Waals surface area contributed by atoms with E-state index in [-0.39, 0.29) is 57.9 Å². The third-order valence-corrected chi connectivity index (χ3v) is 12.7. The van der Waals surface area contributed by atoms with E-state index in [1.54, 1.807) is 72.8 Å². The van der Waals surface area contributed by atoms with Crippen LogP contribution in [0.25, 0.3) is 0 Å². The monoisotopic (exact) mass is 884 g/mol. The molecule has 0 unspecified atom stereocenters. The number of carboxylic acid groups (broad SMARTS) is 2.